The third-order valence-corrected chi connectivity index (χ3v) is 11.0. The van der Waals surface area contributed by atoms with Gasteiger partial charge in [-0.15, -0.1) is 0 Å². The average Bonchev–Trinajstić information content (AvgIpc) is 2.81. The number of nitrogens with zero attached hydrogens (tertiary/aromatic N) is 1. The van der Waals surface area contributed by atoms with E-state index in [1.165, 1.54) is 0 Å². The van der Waals surface area contributed by atoms with Crippen LogP contribution in [-0.4, -0.2) is 23.0 Å². The lowest BCUT2D eigenvalue weighted by atomic mass is 9.42. The van der Waals surface area contributed by atoms with E-state index in [1.54, 1.807) is 19.9 Å². The highest BCUT2D eigenvalue weighted by molar-refractivity contribution is 6.04. The fraction of sp³-hybridized carbons (Fsp3) is 0.771. The predicted molar refractivity (Wildman–Crippen MR) is 163 cm³/mol. The molecule has 1 N–H and O–H groups in total. The molecule has 0 bridgehead atoms. The van der Waals surface area contributed by atoms with Crippen LogP contribution in [0.5, 0.6) is 0 Å². The van der Waals surface area contributed by atoms with Crippen molar-refractivity contribution in [2.45, 2.75) is 140 Å². The van der Waals surface area contributed by atoms with Gasteiger partial charge >= 0.3 is 0 Å². The number of nitrogens with one attached hydrogen (secondary N) is 1. The van der Waals surface area contributed by atoms with Crippen LogP contribution >= 0.6 is 0 Å². The molecule has 4 atom stereocenters. The first-order valence-corrected chi connectivity index (χ1v) is 15.3. The van der Waals surface area contributed by atoms with Gasteiger partial charge in [0.15, 0.2) is 11.6 Å². The molecule has 0 spiro atoms. The third kappa shape index (κ3) is 6.63. The van der Waals surface area contributed by atoms with Gasteiger partial charge in [-0.2, -0.15) is 5.26 Å². The molecule has 0 aromatic heterocycles. The lowest BCUT2D eigenvalue weighted by Crippen LogP contribution is -2.56. The van der Waals surface area contributed by atoms with E-state index in [1.807, 2.05) is 19.9 Å². The summed E-state index contributed by atoms with van der Waals surface area (Å²) in [6, 6.07) is 2.17. The molecule has 2 aliphatic carbocycles. The molecule has 0 aromatic carbocycles. The van der Waals surface area contributed by atoms with Crippen molar-refractivity contribution in [2.24, 2.45) is 33.0 Å². The molecule has 5 nitrogen and oxygen atoms in total. The molecule has 1 fully saturated rings. The van der Waals surface area contributed by atoms with Gasteiger partial charge < -0.3 is 5.32 Å². The van der Waals surface area contributed by atoms with Gasteiger partial charge in [0.25, 0.3) is 0 Å². The van der Waals surface area contributed by atoms with Crippen LogP contribution in [0.15, 0.2) is 23.3 Å². The number of hydrogen-bond acceptors (Lipinski definition) is 4. The highest BCUT2D eigenvalue weighted by Crippen LogP contribution is 2.67. The third-order valence-electron chi connectivity index (χ3n) is 11.0. The summed E-state index contributed by atoms with van der Waals surface area (Å²) in [6.45, 7) is 25.1. The van der Waals surface area contributed by atoms with Crippen molar-refractivity contribution in [3.05, 3.63) is 23.3 Å². The zero-order valence-corrected chi connectivity index (χ0v) is 27.6. The Labute approximate surface area is 244 Å². The maximum absolute atomic E-state index is 13.2. The second-order valence-corrected chi connectivity index (χ2v) is 15.6. The molecule has 0 aliphatic heterocycles. The number of allylic oxidation sites excluding steroid dienone is 4. The van der Waals surface area contributed by atoms with Crippen LogP contribution in [0, 0.1) is 44.3 Å². The van der Waals surface area contributed by atoms with Gasteiger partial charge in [-0.05, 0) is 87.0 Å². The molecule has 1 saturated carbocycles. The maximum Gasteiger partial charge on any atom is 0.217 e. The van der Waals surface area contributed by atoms with Gasteiger partial charge in [0.2, 0.25) is 5.91 Å². The number of nitriles is 1. The maximum atomic E-state index is 13.2. The van der Waals surface area contributed by atoms with E-state index in [2.05, 4.69) is 66.8 Å². The second kappa shape index (κ2) is 11.6. The Hall–Kier alpha value is -2.22. The number of ketones is 2. The van der Waals surface area contributed by atoms with Gasteiger partial charge in [-0.1, -0.05) is 80.4 Å². The van der Waals surface area contributed by atoms with Crippen molar-refractivity contribution in [2.75, 3.05) is 0 Å². The largest absolute Gasteiger partial charge is 0.351 e. The van der Waals surface area contributed by atoms with Crippen LogP contribution < -0.4 is 5.32 Å². The summed E-state index contributed by atoms with van der Waals surface area (Å²) in [5.41, 5.74) is -0.696. The molecular formula is C35H56N2O3. The quantitative estimate of drug-likeness (QED) is 0.261. The van der Waals surface area contributed by atoms with Crippen LogP contribution in [0.2, 0.25) is 0 Å². The minimum atomic E-state index is -0.689. The number of hydrogen-bond donors (Lipinski definition) is 1. The molecule has 2 aliphatic rings. The van der Waals surface area contributed by atoms with Crippen LogP contribution in [0.1, 0.15) is 134 Å². The van der Waals surface area contributed by atoms with E-state index in [9.17, 15) is 19.6 Å². The molecule has 1 amide bonds. The SMILES string of the molecule is CCCC(C)(C)CC[C@@](C)(CCC(C)(C)[C@]1(C)CC[C@H]2C(C)(C)C(=O)C(C#N)=C[C@]2(C)/C1=C/C(C)=O)NC(C)=O. The van der Waals surface area contributed by atoms with Crippen molar-refractivity contribution in [1.82, 2.24) is 5.32 Å². The lowest BCUT2D eigenvalue weighted by Gasteiger charge is -2.61. The van der Waals surface area contributed by atoms with Crippen LogP contribution in [0.4, 0.5) is 0 Å². The van der Waals surface area contributed by atoms with Crippen LogP contribution in [0.3, 0.4) is 0 Å². The first-order chi connectivity index (χ1) is 18.1. The Morgan fingerprint density at radius 1 is 1.02 bits per heavy atom. The Morgan fingerprint density at radius 2 is 1.60 bits per heavy atom. The molecule has 0 heterocycles. The molecule has 5 heteroatoms. The van der Waals surface area contributed by atoms with E-state index >= 15 is 0 Å². The van der Waals surface area contributed by atoms with E-state index < -0.39 is 10.8 Å². The Balaban J connectivity index is 2.53. The minimum Gasteiger partial charge on any atom is -0.351 e. The van der Waals surface area contributed by atoms with E-state index in [-0.39, 0.29) is 50.7 Å². The zero-order valence-electron chi connectivity index (χ0n) is 27.6. The van der Waals surface area contributed by atoms with Gasteiger partial charge in [0.1, 0.15) is 6.07 Å². The fourth-order valence-corrected chi connectivity index (χ4v) is 8.07. The van der Waals surface area contributed by atoms with E-state index in [0.29, 0.717) is 0 Å². The van der Waals surface area contributed by atoms with Crippen LogP contribution in [0.25, 0.3) is 0 Å². The lowest BCUT2D eigenvalue weighted by molar-refractivity contribution is -0.131. The van der Waals surface area contributed by atoms with Gasteiger partial charge in [0, 0.05) is 23.3 Å². The number of amides is 1. The van der Waals surface area contributed by atoms with Crippen molar-refractivity contribution in [3.63, 3.8) is 0 Å². The monoisotopic (exact) mass is 552 g/mol. The molecule has 0 saturated heterocycles. The van der Waals surface area contributed by atoms with E-state index in [0.717, 1.165) is 56.9 Å². The smallest absolute Gasteiger partial charge is 0.217 e. The number of fused-ring (bicyclic) bond motifs is 1. The molecule has 0 aromatic rings. The van der Waals surface area contributed by atoms with E-state index in [4.69, 9.17) is 0 Å². The van der Waals surface area contributed by atoms with Crippen molar-refractivity contribution < 1.29 is 14.4 Å². The number of carbonyl (C=O) groups is 3. The summed E-state index contributed by atoms with van der Waals surface area (Å²) in [4.78, 5) is 38.2. The zero-order chi connectivity index (χ0) is 30.9. The molecule has 40 heavy (non-hydrogen) atoms. The topological polar surface area (TPSA) is 87.0 Å². The van der Waals surface area contributed by atoms with Gasteiger partial charge in [-0.25, -0.2) is 0 Å². The summed E-state index contributed by atoms with van der Waals surface area (Å²) in [6.07, 6.45) is 11.3. The molecule has 0 radical (unpaired) electrons. The van der Waals surface area contributed by atoms with Crippen molar-refractivity contribution in [3.8, 4) is 6.07 Å². The standard InChI is InChI=1S/C35H56N2O3/c1-13-15-30(4,5)17-19-33(10,37-25(3)39)20-18-31(6,7)35(12)16-14-27-32(8,9)29(40)26(23-36)22-34(27,11)28(35)21-24(2)38/h21-22,27H,13-20H2,1-12H3,(H,37,39)/b28-21-/t27-,33-,34-,35+/m0/s1. The number of Topliss-reactive ketones (excluding diaryl/α,β-unsaturated/α-hetero) is 1. The summed E-state index contributed by atoms with van der Waals surface area (Å²) in [5.74, 6) is -0.112. The average molecular weight is 553 g/mol. The number of rotatable bonds is 11. The normalized spacial score (nSPS) is 29.2. The van der Waals surface area contributed by atoms with Crippen molar-refractivity contribution >= 4 is 17.5 Å². The molecule has 2 rings (SSSR count). The Morgan fingerprint density at radius 3 is 2.10 bits per heavy atom. The summed E-state index contributed by atoms with van der Waals surface area (Å²) in [5, 5.41) is 13.2. The molecular weight excluding hydrogens is 496 g/mol. The summed E-state index contributed by atoms with van der Waals surface area (Å²) in [7, 11) is 0. The summed E-state index contributed by atoms with van der Waals surface area (Å²) >= 11 is 0. The Kier molecular flexibility index (Phi) is 9.83. The van der Waals surface area contributed by atoms with Crippen LogP contribution in [-0.2, 0) is 14.4 Å². The van der Waals surface area contributed by atoms with Gasteiger partial charge in [0.05, 0.1) is 5.57 Å². The van der Waals surface area contributed by atoms with Gasteiger partial charge in [-0.3, -0.25) is 14.4 Å². The fourth-order valence-electron chi connectivity index (χ4n) is 8.07. The molecule has 0 unspecified atom stereocenters. The first kappa shape index (κ1) is 34.0. The highest BCUT2D eigenvalue weighted by Gasteiger charge is 2.61. The highest BCUT2D eigenvalue weighted by atomic mass is 16.1. The minimum absolute atomic E-state index is 0.00418. The first-order valence-electron chi connectivity index (χ1n) is 15.3. The number of carbonyl (C=O) groups excluding carboxylic acids is 3. The van der Waals surface area contributed by atoms with Crippen molar-refractivity contribution in [1.29, 1.82) is 5.26 Å². The predicted octanol–water partition coefficient (Wildman–Crippen LogP) is 8.29. The second-order valence-electron chi connectivity index (χ2n) is 15.6. The Bertz CT molecular complexity index is 1120. The molecule has 224 valence electrons. The summed E-state index contributed by atoms with van der Waals surface area (Å²) < 4.78 is 0.